The highest BCUT2D eigenvalue weighted by atomic mass is 16.5. The van der Waals surface area contributed by atoms with Crippen LogP contribution in [0.3, 0.4) is 0 Å². The number of nitriles is 1. The molecule has 1 fully saturated rings. The van der Waals surface area contributed by atoms with Gasteiger partial charge in [-0.05, 0) is 42.8 Å². The molecule has 3 rings (SSSR count). The van der Waals surface area contributed by atoms with Crippen molar-refractivity contribution in [2.75, 3.05) is 38.6 Å². The number of nitrogens with zero attached hydrogens (tertiary/aromatic N) is 1. The number of pyridine rings is 1. The molecule has 2 aromatic rings. The largest absolute Gasteiger partial charge is 0.497 e. The molecular formula is C21H28N4O+2. The first-order valence-corrected chi connectivity index (χ1v) is 9.48. The van der Waals surface area contributed by atoms with E-state index in [4.69, 9.17) is 4.74 Å². The quantitative estimate of drug-likeness (QED) is 0.714. The van der Waals surface area contributed by atoms with Crippen molar-refractivity contribution in [1.82, 2.24) is 0 Å². The minimum atomic E-state index is 0.646. The average Bonchev–Trinajstić information content (AvgIpc) is 3.21. The number of anilines is 1. The topological polar surface area (TPSA) is 63.6 Å². The Balaban J connectivity index is 1.59. The molecule has 2 heterocycles. The fourth-order valence-electron chi connectivity index (χ4n) is 3.50. The Labute approximate surface area is 155 Å². The molecule has 1 saturated heterocycles. The average molecular weight is 352 g/mol. The van der Waals surface area contributed by atoms with Crippen LogP contribution in [0, 0.1) is 11.3 Å². The van der Waals surface area contributed by atoms with Crippen LogP contribution >= 0.6 is 0 Å². The Morgan fingerprint density at radius 3 is 2.58 bits per heavy atom. The molecule has 0 atom stereocenters. The van der Waals surface area contributed by atoms with E-state index in [0.29, 0.717) is 5.56 Å². The fourth-order valence-corrected chi connectivity index (χ4v) is 3.50. The van der Waals surface area contributed by atoms with Gasteiger partial charge in [0.05, 0.1) is 33.3 Å². The molecule has 0 spiro atoms. The van der Waals surface area contributed by atoms with E-state index in [-0.39, 0.29) is 0 Å². The molecule has 1 aliphatic rings. The molecule has 0 aliphatic carbocycles. The second-order valence-corrected chi connectivity index (χ2v) is 6.84. The van der Waals surface area contributed by atoms with Crippen LogP contribution in [0.25, 0.3) is 11.3 Å². The minimum absolute atomic E-state index is 0.646. The van der Waals surface area contributed by atoms with Crippen molar-refractivity contribution in [3.63, 3.8) is 0 Å². The number of rotatable bonds is 8. The zero-order valence-electron chi connectivity index (χ0n) is 15.5. The van der Waals surface area contributed by atoms with Crippen LogP contribution in [0.1, 0.15) is 31.2 Å². The van der Waals surface area contributed by atoms with Gasteiger partial charge in [0.2, 0.25) is 0 Å². The van der Waals surface area contributed by atoms with E-state index >= 15 is 0 Å². The summed E-state index contributed by atoms with van der Waals surface area (Å²) in [7, 11) is 1.66. The first kappa shape index (κ1) is 18.2. The Morgan fingerprint density at radius 1 is 1.12 bits per heavy atom. The summed E-state index contributed by atoms with van der Waals surface area (Å²) >= 11 is 0. The SMILES string of the molecule is COc1ccc(-c2ccc(C#N)c(NCCCC[NH+]3CCCC3)[nH+]2)cc1. The number of aromatic nitrogens is 1. The van der Waals surface area contributed by atoms with Crippen LogP contribution in [0.4, 0.5) is 5.82 Å². The molecule has 5 heteroatoms. The van der Waals surface area contributed by atoms with Gasteiger partial charge in [0.25, 0.3) is 5.82 Å². The van der Waals surface area contributed by atoms with Crippen LogP contribution in [0.15, 0.2) is 36.4 Å². The molecule has 0 radical (unpaired) electrons. The van der Waals surface area contributed by atoms with E-state index in [0.717, 1.165) is 35.8 Å². The summed E-state index contributed by atoms with van der Waals surface area (Å²) in [5.41, 5.74) is 2.69. The highest BCUT2D eigenvalue weighted by Gasteiger charge is 2.15. The van der Waals surface area contributed by atoms with Crippen LogP contribution in [0.2, 0.25) is 0 Å². The molecule has 1 aromatic heterocycles. The maximum Gasteiger partial charge on any atom is 0.290 e. The zero-order valence-corrected chi connectivity index (χ0v) is 15.5. The predicted octanol–water partition coefficient (Wildman–Crippen LogP) is 1.92. The second-order valence-electron chi connectivity index (χ2n) is 6.84. The molecule has 0 saturated carbocycles. The normalized spacial score (nSPS) is 14.2. The predicted molar refractivity (Wildman–Crippen MR) is 102 cm³/mol. The summed E-state index contributed by atoms with van der Waals surface area (Å²) in [6.45, 7) is 4.82. The zero-order chi connectivity index (χ0) is 18.2. The third kappa shape index (κ3) is 4.74. The van der Waals surface area contributed by atoms with Crippen LogP contribution in [-0.2, 0) is 0 Å². The number of likely N-dealkylation sites (tertiary alicyclic amines) is 1. The molecule has 3 N–H and O–H groups in total. The summed E-state index contributed by atoms with van der Waals surface area (Å²) in [5.74, 6) is 1.63. The third-order valence-electron chi connectivity index (χ3n) is 5.04. The van der Waals surface area contributed by atoms with Crippen molar-refractivity contribution >= 4 is 5.82 Å². The summed E-state index contributed by atoms with van der Waals surface area (Å²) < 4.78 is 5.21. The Hall–Kier alpha value is -2.58. The molecular weight excluding hydrogens is 324 g/mol. The summed E-state index contributed by atoms with van der Waals surface area (Å²) in [6, 6.07) is 14.0. The minimum Gasteiger partial charge on any atom is -0.497 e. The van der Waals surface area contributed by atoms with Gasteiger partial charge >= 0.3 is 0 Å². The number of methoxy groups -OCH3 is 1. The van der Waals surface area contributed by atoms with Crippen molar-refractivity contribution in [2.45, 2.75) is 25.7 Å². The maximum atomic E-state index is 9.36. The highest BCUT2D eigenvalue weighted by molar-refractivity contribution is 5.60. The standard InChI is InChI=1S/C21H26N4O/c1-26-19-9-6-17(7-10-19)20-11-8-18(16-22)21(24-20)23-12-2-3-13-25-14-4-5-15-25/h6-11H,2-5,12-15H2,1H3,(H,23,24)/p+2. The summed E-state index contributed by atoms with van der Waals surface area (Å²) in [5, 5.41) is 12.8. The van der Waals surface area contributed by atoms with Crippen LogP contribution in [0.5, 0.6) is 5.75 Å². The van der Waals surface area contributed by atoms with Gasteiger partial charge < -0.3 is 9.64 Å². The number of H-pyrrole nitrogens is 1. The maximum absolute atomic E-state index is 9.36. The summed E-state index contributed by atoms with van der Waals surface area (Å²) in [6.07, 6.45) is 5.11. The Morgan fingerprint density at radius 2 is 1.88 bits per heavy atom. The lowest BCUT2D eigenvalue weighted by atomic mass is 10.1. The van der Waals surface area contributed by atoms with Gasteiger partial charge in [-0.1, -0.05) is 0 Å². The molecule has 1 aliphatic heterocycles. The van der Waals surface area contributed by atoms with E-state index in [9.17, 15) is 5.26 Å². The van der Waals surface area contributed by atoms with E-state index in [2.05, 4.69) is 16.4 Å². The van der Waals surface area contributed by atoms with Crippen LogP contribution < -0.4 is 19.9 Å². The van der Waals surface area contributed by atoms with E-state index in [1.807, 2.05) is 36.4 Å². The number of aromatic amines is 1. The van der Waals surface area contributed by atoms with Gasteiger partial charge in [-0.15, -0.1) is 0 Å². The molecule has 5 nitrogen and oxygen atoms in total. The highest BCUT2D eigenvalue weighted by Crippen LogP contribution is 2.20. The first-order valence-electron chi connectivity index (χ1n) is 9.48. The van der Waals surface area contributed by atoms with Gasteiger partial charge in [-0.25, -0.2) is 4.98 Å². The van der Waals surface area contributed by atoms with E-state index in [1.165, 1.54) is 38.9 Å². The molecule has 0 amide bonds. The molecule has 136 valence electrons. The smallest absolute Gasteiger partial charge is 0.290 e. The van der Waals surface area contributed by atoms with E-state index < -0.39 is 0 Å². The van der Waals surface area contributed by atoms with Gasteiger partial charge in [0, 0.05) is 24.8 Å². The number of nitrogens with one attached hydrogen (secondary N) is 3. The van der Waals surface area contributed by atoms with Gasteiger partial charge in [0.1, 0.15) is 23.1 Å². The number of benzene rings is 1. The molecule has 0 bridgehead atoms. The third-order valence-corrected chi connectivity index (χ3v) is 5.04. The fraction of sp³-hybridized carbons (Fsp3) is 0.429. The van der Waals surface area contributed by atoms with Crippen molar-refractivity contribution in [3.8, 4) is 23.1 Å². The van der Waals surface area contributed by atoms with Crippen molar-refractivity contribution < 1.29 is 14.6 Å². The summed E-state index contributed by atoms with van der Waals surface area (Å²) in [4.78, 5) is 5.12. The number of hydrogen-bond acceptors (Lipinski definition) is 3. The second kappa shape index (κ2) is 9.21. The van der Waals surface area contributed by atoms with Gasteiger partial charge in [-0.3, -0.25) is 5.32 Å². The van der Waals surface area contributed by atoms with Gasteiger partial charge in [-0.2, -0.15) is 5.26 Å². The first-order chi connectivity index (χ1) is 12.8. The number of quaternary nitrogens is 1. The lowest BCUT2D eigenvalue weighted by Gasteiger charge is -2.11. The monoisotopic (exact) mass is 352 g/mol. The van der Waals surface area contributed by atoms with Crippen molar-refractivity contribution in [3.05, 3.63) is 42.0 Å². The van der Waals surface area contributed by atoms with Crippen molar-refractivity contribution in [2.24, 2.45) is 0 Å². The number of hydrogen-bond donors (Lipinski definition) is 2. The lowest BCUT2D eigenvalue weighted by molar-refractivity contribution is -0.887. The van der Waals surface area contributed by atoms with Gasteiger partial charge in [0.15, 0.2) is 0 Å². The lowest BCUT2D eigenvalue weighted by Crippen LogP contribution is -3.09. The molecule has 1 aromatic carbocycles. The van der Waals surface area contributed by atoms with Crippen molar-refractivity contribution in [1.29, 1.82) is 5.26 Å². The Kier molecular flexibility index (Phi) is 6.45. The van der Waals surface area contributed by atoms with E-state index in [1.54, 1.807) is 12.0 Å². The number of ether oxygens (including phenoxy) is 1. The molecule has 0 unspecified atom stereocenters. The number of unbranched alkanes of at least 4 members (excludes halogenated alkanes) is 1. The Bertz CT molecular complexity index is 746. The molecule has 26 heavy (non-hydrogen) atoms. The van der Waals surface area contributed by atoms with Crippen LogP contribution in [-0.4, -0.2) is 33.3 Å².